The maximum absolute atomic E-state index is 11.8. The number of carbonyl (C=O) groups excluding carboxylic acids is 1. The highest BCUT2D eigenvalue weighted by Crippen LogP contribution is 2.11. The topological polar surface area (TPSA) is 69.8 Å². The Kier molecular flexibility index (Phi) is 6.05. The van der Waals surface area contributed by atoms with E-state index in [1.165, 1.54) is 24.8 Å². The third-order valence-electron chi connectivity index (χ3n) is 4.01. The Bertz CT molecular complexity index is 410. The number of hydrogen-bond acceptors (Lipinski definition) is 3. The number of nitrogens with one attached hydrogen (secondary N) is 3. The lowest BCUT2D eigenvalue weighted by atomic mass is 10.0. The average Bonchev–Trinajstić information content (AvgIpc) is 2.88. The number of aromatic nitrogens is 2. The second kappa shape index (κ2) is 8.04. The van der Waals surface area contributed by atoms with Gasteiger partial charge >= 0.3 is 0 Å². The lowest BCUT2D eigenvalue weighted by molar-refractivity contribution is -0.121. The molecule has 1 atom stereocenters. The molecular weight excluding hydrogens is 252 g/mol. The summed E-state index contributed by atoms with van der Waals surface area (Å²) in [6.07, 6.45) is 9.19. The molecule has 0 spiro atoms. The van der Waals surface area contributed by atoms with Gasteiger partial charge in [-0.05, 0) is 51.1 Å². The van der Waals surface area contributed by atoms with Crippen LogP contribution >= 0.6 is 0 Å². The van der Waals surface area contributed by atoms with Crippen LogP contribution in [-0.4, -0.2) is 35.2 Å². The van der Waals surface area contributed by atoms with Crippen LogP contribution in [0.2, 0.25) is 0 Å². The van der Waals surface area contributed by atoms with E-state index in [-0.39, 0.29) is 5.91 Å². The zero-order valence-electron chi connectivity index (χ0n) is 12.4. The lowest BCUT2D eigenvalue weighted by Gasteiger charge is -2.23. The van der Waals surface area contributed by atoms with E-state index in [0.29, 0.717) is 12.5 Å². The van der Waals surface area contributed by atoms with Gasteiger partial charge < -0.3 is 10.6 Å². The molecule has 0 aliphatic carbocycles. The fourth-order valence-corrected chi connectivity index (χ4v) is 2.70. The minimum absolute atomic E-state index is 0.182. The van der Waals surface area contributed by atoms with Crippen LogP contribution in [0.25, 0.3) is 0 Å². The highest BCUT2D eigenvalue weighted by Gasteiger charge is 2.13. The van der Waals surface area contributed by atoms with Gasteiger partial charge in [-0.1, -0.05) is 6.42 Å². The quantitative estimate of drug-likeness (QED) is 0.665. The first kappa shape index (κ1) is 15.0. The standard InChI is InChI=1S/C15H26N4O/c1-12-13(11-18-19-12)5-4-10-17-15(20)8-7-14-6-2-3-9-16-14/h11,14,16H,2-10H2,1H3,(H,17,20)(H,18,19). The Balaban J connectivity index is 1.52. The average molecular weight is 278 g/mol. The van der Waals surface area contributed by atoms with Gasteiger partial charge in [-0.15, -0.1) is 0 Å². The summed E-state index contributed by atoms with van der Waals surface area (Å²) in [4.78, 5) is 11.8. The van der Waals surface area contributed by atoms with Crippen molar-refractivity contribution in [2.45, 2.75) is 57.9 Å². The van der Waals surface area contributed by atoms with Crippen LogP contribution < -0.4 is 10.6 Å². The molecule has 2 rings (SSSR count). The van der Waals surface area contributed by atoms with E-state index in [1.807, 2.05) is 13.1 Å². The first-order valence-electron chi connectivity index (χ1n) is 7.74. The van der Waals surface area contributed by atoms with Gasteiger partial charge in [0.2, 0.25) is 5.91 Å². The molecule has 0 aromatic carbocycles. The maximum atomic E-state index is 11.8. The number of H-pyrrole nitrogens is 1. The van der Waals surface area contributed by atoms with Crippen LogP contribution in [0.1, 0.15) is 49.8 Å². The molecule has 1 aromatic rings. The number of nitrogens with zero attached hydrogens (tertiary/aromatic N) is 1. The summed E-state index contributed by atoms with van der Waals surface area (Å²) in [6, 6.07) is 0.545. The zero-order valence-corrected chi connectivity index (χ0v) is 12.4. The zero-order chi connectivity index (χ0) is 14.2. The van der Waals surface area contributed by atoms with Gasteiger partial charge in [0.15, 0.2) is 0 Å². The molecule has 1 saturated heterocycles. The third-order valence-corrected chi connectivity index (χ3v) is 4.01. The monoisotopic (exact) mass is 278 g/mol. The van der Waals surface area contributed by atoms with Gasteiger partial charge in [-0.2, -0.15) is 5.10 Å². The Morgan fingerprint density at radius 2 is 2.40 bits per heavy atom. The molecule has 2 heterocycles. The number of rotatable bonds is 7. The molecule has 1 aliphatic heterocycles. The summed E-state index contributed by atoms with van der Waals surface area (Å²) in [5.74, 6) is 0.182. The molecular formula is C15H26N4O. The van der Waals surface area contributed by atoms with Crippen molar-refractivity contribution in [3.63, 3.8) is 0 Å². The first-order chi connectivity index (χ1) is 9.75. The summed E-state index contributed by atoms with van der Waals surface area (Å²) < 4.78 is 0. The molecule has 0 saturated carbocycles. The van der Waals surface area contributed by atoms with E-state index >= 15 is 0 Å². The molecule has 5 heteroatoms. The summed E-state index contributed by atoms with van der Waals surface area (Å²) in [7, 11) is 0. The van der Waals surface area contributed by atoms with E-state index in [1.54, 1.807) is 0 Å². The van der Waals surface area contributed by atoms with Crippen LogP contribution in [0.15, 0.2) is 6.20 Å². The molecule has 20 heavy (non-hydrogen) atoms. The van der Waals surface area contributed by atoms with Crippen LogP contribution in [0, 0.1) is 6.92 Å². The van der Waals surface area contributed by atoms with Crippen molar-refractivity contribution in [1.82, 2.24) is 20.8 Å². The van der Waals surface area contributed by atoms with E-state index in [4.69, 9.17) is 0 Å². The molecule has 1 amide bonds. The predicted molar refractivity (Wildman–Crippen MR) is 79.5 cm³/mol. The number of carbonyl (C=O) groups is 1. The molecule has 1 aliphatic rings. The molecule has 112 valence electrons. The smallest absolute Gasteiger partial charge is 0.220 e. The maximum Gasteiger partial charge on any atom is 0.220 e. The summed E-state index contributed by atoms with van der Waals surface area (Å²) >= 11 is 0. The second-order valence-corrected chi connectivity index (χ2v) is 5.66. The Morgan fingerprint density at radius 3 is 3.10 bits per heavy atom. The fourth-order valence-electron chi connectivity index (χ4n) is 2.70. The van der Waals surface area contributed by atoms with Crippen molar-refractivity contribution in [3.8, 4) is 0 Å². The van der Waals surface area contributed by atoms with Crippen molar-refractivity contribution >= 4 is 5.91 Å². The Labute approximate surface area is 120 Å². The van der Waals surface area contributed by atoms with Gasteiger partial charge in [-0.25, -0.2) is 0 Å². The van der Waals surface area contributed by atoms with Gasteiger partial charge in [0.1, 0.15) is 0 Å². The van der Waals surface area contributed by atoms with Crippen molar-refractivity contribution in [3.05, 3.63) is 17.5 Å². The Morgan fingerprint density at radius 1 is 1.50 bits per heavy atom. The van der Waals surface area contributed by atoms with Gasteiger partial charge in [-0.3, -0.25) is 9.89 Å². The normalized spacial score (nSPS) is 18.9. The minimum atomic E-state index is 0.182. The number of amides is 1. The molecule has 1 unspecified atom stereocenters. The third kappa shape index (κ3) is 4.96. The largest absolute Gasteiger partial charge is 0.356 e. The Hall–Kier alpha value is -1.36. The highest BCUT2D eigenvalue weighted by molar-refractivity contribution is 5.75. The number of hydrogen-bond donors (Lipinski definition) is 3. The van der Waals surface area contributed by atoms with E-state index in [0.717, 1.165) is 38.0 Å². The minimum Gasteiger partial charge on any atom is -0.356 e. The fraction of sp³-hybridized carbons (Fsp3) is 0.733. The summed E-state index contributed by atoms with van der Waals surface area (Å²) in [6.45, 7) is 3.88. The number of piperidine rings is 1. The number of aromatic amines is 1. The van der Waals surface area contributed by atoms with E-state index in [2.05, 4.69) is 20.8 Å². The van der Waals surface area contributed by atoms with Crippen LogP contribution in [0.5, 0.6) is 0 Å². The molecule has 0 radical (unpaired) electrons. The summed E-state index contributed by atoms with van der Waals surface area (Å²) in [5, 5.41) is 13.4. The van der Waals surface area contributed by atoms with Crippen molar-refractivity contribution in [2.24, 2.45) is 0 Å². The summed E-state index contributed by atoms with van der Waals surface area (Å²) in [5.41, 5.74) is 2.37. The van der Waals surface area contributed by atoms with Crippen molar-refractivity contribution in [1.29, 1.82) is 0 Å². The lowest BCUT2D eigenvalue weighted by Crippen LogP contribution is -2.35. The predicted octanol–water partition coefficient (Wildman–Crippen LogP) is 1.69. The second-order valence-electron chi connectivity index (χ2n) is 5.66. The molecule has 1 fully saturated rings. The van der Waals surface area contributed by atoms with Crippen LogP contribution in [0.4, 0.5) is 0 Å². The number of aryl methyl sites for hydroxylation is 2. The molecule has 5 nitrogen and oxygen atoms in total. The highest BCUT2D eigenvalue weighted by atomic mass is 16.1. The SMILES string of the molecule is Cc1[nH]ncc1CCCNC(=O)CCC1CCCCN1. The van der Waals surface area contributed by atoms with Crippen LogP contribution in [0.3, 0.4) is 0 Å². The van der Waals surface area contributed by atoms with Crippen LogP contribution in [-0.2, 0) is 11.2 Å². The van der Waals surface area contributed by atoms with E-state index in [9.17, 15) is 4.79 Å². The first-order valence-corrected chi connectivity index (χ1v) is 7.74. The van der Waals surface area contributed by atoms with Gasteiger partial charge in [0.25, 0.3) is 0 Å². The molecule has 0 bridgehead atoms. The van der Waals surface area contributed by atoms with Gasteiger partial charge in [0, 0.05) is 24.7 Å². The van der Waals surface area contributed by atoms with Gasteiger partial charge in [0.05, 0.1) is 6.20 Å². The van der Waals surface area contributed by atoms with Crippen molar-refractivity contribution in [2.75, 3.05) is 13.1 Å². The molecule has 1 aromatic heterocycles. The van der Waals surface area contributed by atoms with E-state index < -0.39 is 0 Å². The van der Waals surface area contributed by atoms with Crippen molar-refractivity contribution < 1.29 is 4.79 Å². The molecule has 3 N–H and O–H groups in total.